The van der Waals surface area contributed by atoms with Gasteiger partial charge in [-0.2, -0.15) is 4.98 Å². The monoisotopic (exact) mass is 194 g/mol. The lowest BCUT2D eigenvalue weighted by atomic mass is 10.2. The predicted octanol–water partition coefficient (Wildman–Crippen LogP) is 0.0179. The summed E-state index contributed by atoms with van der Waals surface area (Å²) >= 11 is 0. The Balaban J connectivity index is 2.23. The van der Waals surface area contributed by atoms with Crippen LogP contribution in [0.4, 0.5) is 5.69 Å². The average Bonchev–Trinajstić information content (AvgIpc) is 2.99. The van der Waals surface area contributed by atoms with Crippen LogP contribution < -0.4 is 16.7 Å². The number of rotatable bonds is 4. The fourth-order valence-electron chi connectivity index (χ4n) is 1.45. The summed E-state index contributed by atoms with van der Waals surface area (Å²) in [6.45, 7) is 1.27. The van der Waals surface area contributed by atoms with Crippen molar-refractivity contribution in [3.05, 3.63) is 22.4 Å². The summed E-state index contributed by atoms with van der Waals surface area (Å²) in [5.41, 5.74) is 7.02. The molecule has 0 amide bonds. The molecule has 5 heteroatoms. The SMILES string of the molecule is NCCNc1cnc(=O)[nH]c1C1CC1. The fourth-order valence-corrected chi connectivity index (χ4v) is 1.45. The van der Waals surface area contributed by atoms with Crippen molar-refractivity contribution in [1.29, 1.82) is 0 Å². The molecule has 0 aromatic carbocycles. The van der Waals surface area contributed by atoms with Gasteiger partial charge in [-0.05, 0) is 12.8 Å². The molecule has 5 nitrogen and oxygen atoms in total. The fraction of sp³-hybridized carbons (Fsp3) is 0.556. The standard InChI is InChI=1S/C9H14N4O/c10-3-4-11-7-5-12-9(14)13-8(7)6-1-2-6/h5-6,11H,1-4,10H2,(H,12,13,14). The summed E-state index contributed by atoms with van der Waals surface area (Å²) in [6.07, 6.45) is 3.89. The smallest absolute Gasteiger partial charge is 0.345 e. The van der Waals surface area contributed by atoms with Gasteiger partial charge in [-0.1, -0.05) is 0 Å². The minimum Gasteiger partial charge on any atom is -0.381 e. The van der Waals surface area contributed by atoms with Gasteiger partial charge >= 0.3 is 5.69 Å². The molecule has 2 rings (SSSR count). The molecule has 1 aromatic rings. The number of nitrogens with two attached hydrogens (primary N) is 1. The summed E-state index contributed by atoms with van der Waals surface area (Å²) in [7, 11) is 0. The lowest BCUT2D eigenvalue weighted by molar-refractivity contribution is 0.931. The van der Waals surface area contributed by atoms with E-state index in [0.29, 0.717) is 19.0 Å². The Morgan fingerprint density at radius 2 is 2.43 bits per heavy atom. The first kappa shape index (κ1) is 9.21. The van der Waals surface area contributed by atoms with Crippen LogP contribution in [0.3, 0.4) is 0 Å². The molecule has 1 aliphatic rings. The van der Waals surface area contributed by atoms with Crippen LogP contribution in [0.1, 0.15) is 24.5 Å². The second-order valence-electron chi connectivity index (χ2n) is 3.51. The quantitative estimate of drug-likeness (QED) is 0.630. The Hall–Kier alpha value is -1.36. The zero-order valence-electron chi connectivity index (χ0n) is 7.92. The van der Waals surface area contributed by atoms with E-state index in [1.54, 1.807) is 6.20 Å². The largest absolute Gasteiger partial charge is 0.381 e. The lowest BCUT2D eigenvalue weighted by Gasteiger charge is -2.08. The number of nitrogens with one attached hydrogen (secondary N) is 2. The van der Waals surface area contributed by atoms with E-state index in [0.717, 1.165) is 24.2 Å². The Labute approximate surface area is 81.7 Å². The average molecular weight is 194 g/mol. The zero-order valence-corrected chi connectivity index (χ0v) is 7.92. The highest BCUT2D eigenvalue weighted by atomic mass is 16.1. The number of aromatic amines is 1. The van der Waals surface area contributed by atoms with Crippen LogP contribution in [0, 0.1) is 0 Å². The van der Waals surface area contributed by atoms with Gasteiger partial charge in [0.05, 0.1) is 11.9 Å². The third-order valence-electron chi connectivity index (χ3n) is 2.29. The van der Waals surface area contributed by atoms with Gasteiger partial charge in [0.25, 0.3) is 0 Å². The Bertz CT molecular complexity index is 369. The molecule has 1 heterocycles. The summed E-state index contributed by atoms with van der Waals surface area (Å²) in [6, 6.07) is 0. The summed E-state index contributed by atoms with van der Waals surface area (Å²) in [5, 5.41) is 3.15. The van der Waals surface area contributed by atoms with Gasteiger partial charge in [-0.25, -0.2) is 4.79 Å². The second-order valence-corrected chi connectivity index (χ2v) is 3.51. The number of hydrogen-bond acceptors (Lipinski definition) is 4. The molecular formula is C9H14N4O. The van der Waals surface area contributed by atoms with E-state index in [2.05, 4.69) is 15.3 Å². The van der Waals surface area contributed by atoms with E-state index in [4.69, 9.17) is 5.73 Å². The van der Waals surface area contributed by atoms with Gasteiger partial charge < -0.3 is 16.0 Å². The molecule has 0 atom stereocenters. The second kappa shape index (κ2) is 3.79. The minimum atomic E-state index is -0.273. The van der Waals surface area contributed by atoms with Crippen molar-refractivity contribution < 1.29 is 0 Å². The van der Waals surface area contributed by atoms with Crippen molar-refractivity contribution in [3.63, 3.8) is 0 Å². The molecule has 1 aromatic heterocycles. The number of nitrogens with zero attached hydrogens (tertiary/aromatic N) is 1. The molecule has 1 aliphatic carbocycles. The normalized spacial score (nSPS) is 15.5. The molecule has 0 radical (unpaired) electrons. The number of H-pyrrole nitrogens is 1. The lowest BCUT2D eigenvalue weighted by Crippen LogP contribution is -2.18. The van der Waals surface area contributed by atoms with Crippen LogP contribution >= 0.6 is 0 Å². The maximum absolute atomic E-state index is 11.0. The van der Waals surface area contributed by atoms with Gasteiger partial charge in [-0.15, -0.1) is 0 Å². The first-order valence-electron chi connectivity index (χ1n) is 4.84. The Morgan fingerprint density at radius 3 is 3.07 bits per heavy atom. The Kier molecular flexibility index (Phi) is 2.49. The van der Waals surface area contributed by atoms with Crippen LogP contribution in [0.2, 0.25) is 0 Å². The molecule has 0 bridgehead atoms. The predicted molar refractivity (Wildman–Crippen MR) is 54.4 cm³/mol. The van der Waals surface area contributed by atoms with Gasteiger partial charge in [0.1, 0.15) is 0 Å². The first-order chi connectivity index (χ1) is 6.81. The number of hydrogen-bond donors (Lipinski definition) is 3. The number of aromatic nitrogens is 2. The van der Waals surface area contributed by atoms with Crippen LogP contribution in [0.15, 0.2) is 11.0 Å². The van der Waals surface area contributed by atoms with Crippen molar-refractivity contribution >= 4 is 5.69 Å². The molecule has 4 N–H and O–H groups in total. The zero-order chi connectivity index (χ0) is 9.97. The van der Waals surface area contributed by atoms with E-state index >= 15 is 0 Å². The van der Waals surface area contributed by atoms with E-state index < -0.39 is 0 Å². The van der Waals surface area contributed by atoms with Crippen molar-refractivity contribution in [2.45, 2.75) is 18.8 Å². The van der Waals surface area contributed by atoms with Crippen LogP contribution in [-0.2, 0) is 0 Å². The van der Waals surface area contributed by atoms with E-state index in [1.807, 2.05) is 0 Å². The van der Waals surface area contributed by atoms with Gasteiger partial charge in [0, 0.05) is 24.7 Å². The highest BCUT2D eigenvalue weighted by Gasteiger charge is 2.27. The molecule has 1 saturated carbocycles. The van der Waals surface area contributed by atoms with Crippen LogP contribution in [0.5, 0.6) is 0 Å². The maximum atomic E-state index is 11.0. The van der Waals surface area contributed by atoms with Crippen molar-refractivity contribution in [2.24, 2.45) is 5.73 Å². The Morgan fingerprint density at radius 1 is 1.64 bits per heavy atom. The first-order valence-corrected chi connectivity index (χ1v) is 4.84. The van der Waals surface area contributed by atoms with Gasteiger partial charge in [0.2, 0.25) is 0 Å². The summed E-state index contributed by atoms with van der Waals surface area (Å²) in [4.78, 5) is 17.5. The van der Waals surface area contributed by atoms with Crippen molar-refractivity contribution in [3.8, 4) is 0 Å². The van der Waals surface area contributed by atoms with Gasteiger partial charge in [0.15, 0.2) is 0 Å². The van der Waals surface area contributed by atoms with Crippen LogP contribution in [-0.4, -0.2) is 23.1 Å². The molecule has 0 spiro atoms. The molecule has 0 saturated heterocycles. The molecule has 1 fully saturated rings. The molecule has 0 unspecified atom stereocenters. The van der Waals surface area contributed by atoms with E-state index in [9.17, 15) is 4.79 Å². The highest BCUT2D eigenvalue weighted by molar-refractivity contribution is 5.48. The molecule has 14 heavy (non-hydrogen) atoms. The van der Waals surface area contributed by atoms with E-state index in [1.165, 1.54) is 0 Å². The van der Waals surface area contributed by atoms with E-state index in [-0.39, 0.29) is 5.69 Å². The third kappa shape index (κ3) is 1.93. The minimum absolute atomic E-state index is 0.273. The van der Waals surface area contributed by atoms with Crippen molar-refractivity contribution in [1.82, 2.24) is 9.97 Å². The molecular weight excluding hydrogens is 180 g/mol. The van der Waals surface area contributed by atoms with Gasteiger partial charge in [-0.3, -0.25) is 0 Å². The highest BCUT2D eigenvalue weighted by Crippen LogP contribution is 2.41. The number of anilines is 1. The summed E-state index contributed by atoms with van der Waals surface area (Å²) in [5.74, 6) is 0.506. The topological polar surface area (TPSA) is 83.8 Å². The molecule has 0 aliphatic heterocycles. The van der Waals surface area contributed by atoms with Crippen molar-refractivity contribution in [2.75, 3.05) is 18.4 Å². The van der Waals surface area contributed by atoms with Crippen LogP contribution in [0.25, 0.3) is 0 Å². The molecule has 76 valence electrons. The summed E-state index contributed by atoms with van der Waals surface area (Å²) < 4.78 is 0. The maximum Gasteiger partial charge on any atom is 0.345 e. The third-order valence-corrected chi connectivity index (χ3v) is 2.29.